The summed E-state index contributed by atoms with van der Waals surface area (Å²) in [5.41, 5.74) is 15.9. The van der Waals surface area contributed by atoms with Crippen LogP contribution in [0.2, 0.25) is 0 Å². The fourth-order valence-corrected chi connectivity index (χ4v) is 8.56. The highest BCUT2D eigenvalue weighted by molar-refractivity contribution is 6.27. The zero-order valence-corrected chi connectivity index (χ0v) is 36.8. The van der Waals surface area contributed by atoms with E-state index in [9.17, 15) is 14.7 Å². The number of H-pyrrole nitrogens is 1. The number of fused-ring (bicyclic) bond motifs is 5. The molecule has 1 aliphatic carbocycles. The monoisotopic (exact) mass is 796 g/mol. The lowest BCUT2D eigenvalue weighted by molar-refractivity contribution is -0.144. The van der Waals surface area contributed by atoms with Crippen molar-refractivity contribution in [1.82, 2.24) is 4.98 Å². The predicted octanol–water partition coefficient (Wildman–Crippen LogP) is 9.64. The third-order valence-corrected chi connectivity index (χ3v) is 12.1. The minimum absolute atomic E-state index is 0.106. The van der Waals surface area contributed by atoms with Gasteiger partial charge in [-0.05, 0) is 164 Å². The number of carbonyl (C=O) groups excluding carboxylic acids is 2. The Kier molecular flexibility index (Phi) is 13.2. The molecule has 0 spiro atoms. The highest BCUT2D eigenvalue weighted by Crippen LogP contribution is 2.48. The Labute approximate surface area is 349 Å². The maximum atomic E-state index is 13.6. The summed E-state index contributed by atoms with van der Waals surface area (Å²) in [7, 11) is 1.32. The second-order valence-electron chi connectivity index (χ2n) is 16.4. The normalized spacial score (nSPS) is 18.9. The van der Waals surface area contributed by atoms with Gasteiger partial charge in [0.25, 0.3) is 0 Å². The van der Waals surface area contributed by atoms with E-state index in [4.69, 9.17) is 24.5 Å². The van der Waals surface area contributed by atoms with Crippen molar-refractivity contribution in [3.05, 3.63) is 125 Å². The summed E-state index contributed by atoms with van der Waals surface area (Å²) < 4.78 is 11.0. The Bertz CT molecular complexity index is 2510. The fourth-order valence-electron chi connectivity index (χ4n) is 8.56. The SMILES string of the molecule is CCC1=C(C)C2=NC1=CC1=C(C)C3=C(O)[C@H](C(=O)OC)C(=C4N=C(C=c5[nH]c(c(CC)c5C)=C2)C(C)=C4CCC(=O)OC/C=C(/C)CC/C=C(\C)CCC=C(C)C)C3=N1. The second kappa shape index (κ2) is 18.1. The van der Waals surface area contributed by atoms with Crippen LogP contribution in [0.1, 0.15) is 118 Å². The zero-order valence-electron chi connectivity index (χ0n) is 36.8. The lowest BCUT2D eigenvalue weighted by Crippen LogP contribution is -2.21. The average molecular weight is 797 g/mol. The van der Waals surface area contributed by atoms with E-state index >= 15 is 0 Å². The highest BCUT2D eigenvalue weighted by atomic mass is 16.5. The molecule has 1 aromatic rings. The maximum Gasteiger partial charge on any atom is 0.321 e. The molecule has 5 heterocycles. The molecule has 0 radical (unpaired) electrons. The summed E-state index contributed by atoms with van der Waals surface area (Å²) in [5, 5.41) is 13.8. The molecule has 9 heteroatoms. The van der Waals surface area contributed by atoms with Crippen molar-refractivity contribution >= 4 is 41.2 Å². The molecule has 9 nitrogen and oxygen atoms in total. The third kappa shape index (κ3) is 8.75. The van der Waals surface area contributed by atoms with E-state index in [0.717, 1.165) is 94.1 Å². The molecule has 310 valence electrons. The summed E-state index contributed by atoms with van der Waals surface area (Å²) >= 11 is 0. The van der Waals surface area contributed by atoms with Gasteiger partial charge in [0.05, 0.1) is 41.3 Å². The zero-order chi connectivity index (χ0) is 42.7. The number of aliphatic hydroxyl groups is 1. The maximum absolute atomic E-state index is 13.6. The molecule has 59 heavy (non-hydrogen) atoms. The van der Waals surface area contributed by atoms with Crippen LogP contribution in [-0.2, 0) is 25.5 Å². The lowest BCUT2D eigenvalue weighted by Gasteiger charge is -2.15. The van der Waals surface area contributed by atoms with Crippen molar-refractivity contribution in [2.24, 2.45) is 20.9 Å². The Hall–Kier alpha value is -5.57. The molecule has 0 unspecified atom stereocenters. The Balaban J connectivity index is 1.36. The largest absolute Gasteiger partial charge is 0.510 e. The molecule has 2 N–H and O–H groups in total. The van der Waals surface area contributed by atoms with Crippen LogP contribution in [-0.4, -0.2) is 52.9 Å². The number of rotatable bonds is 14. The van der Waals surface area contributed by atoms with Gasteiger partial charge in [-0.25, -0.2) is 15.0 Å². The number of hydrogen-bond acceptors (Lipinski definition) is 8. The lowest BCUT2D eigenvalue weighted by atomic mass is 9.92. The van der Waals surface area contributed by atoms with Gasteiger partial charge < -0.3 is 19.6 Å². The summed E-state index contributed by atoms with van der Waals surface area (Å²) in [6.07, 6.45) is 18.7. The van der Waals surface area contributed by atoms with E-state index in [0.29, 0.717) is 40.4 Å². The van der Waals surface area contributed by atoms with E-state index in [1.165, 1.54) is 29.4 Å². The first-order valence-corrected chi connectivity index (χ1v) is 21.1. The molecular formula is C50H60N4O5. The van der Waals surface area contributed by atoms with Crippen molar-refractivity contribution < 1.29 is 24.2 Å². The van der Waals surface area contributed by atoms with Gasteiger partial charge >= 0.3 is 11.9 Å². The first-order chi connectivity index (χ1) is 28.2. The van der Waals surface area contributed by atoms with Gasteiger partial charge in [0.15, 0.2) is 0 Å². The Morgan fingerprint density at radius 1 is 0.797 bits per heavy atom. The number of aromatic amines is 1. The summed E-state index contributed by atoms with van der Waals surface area (Å²) in [4.78, 5) is 46.0. The molecule has 6 rings (SSSR count). The summed E-state index contributed by atoms with van der Waals surface area (Å²) in [6, 6.07) is 0. The number of ether oxygens (including phenoxy) is 2. The summed E-state index contributed by atoms with van der Waals surface area (Å²) in [6.45, 7) is 21.1. The number of aliphatic hydroxyl groups excluding tert-OH is 1. The van der Waals surface area contributed by atoms with E-state index in [2.05, 4.69) is 78.6 Å². The summed E-state index contributed by atoms with van der Waals surface area (Å²) in [5.74, 6) is -2.18. The number of nitrogens with zero attached hydrogens (tertiary/aromatic N) is 3. The molecule has 0 saturated carbocycles. The molecule has 0 aromatic carbocycles. The van der Waals surface area contributed by atoms with Crippen molar-refractivity contribution in [3.63, 3.8) is 0 Å². The molecule has 0 fully saturated rings. The van der Waals surface area contributed by atoms with E-state index in [1.54, 1.807) is 0 Å². The smallest absolute Gasteiger partial charge is 0.321 e. The Morgan fingerprint density at radius 3 is 2.14 bits per heavy atom. The van der Waals surface area contributed by atoms with Crippen LogP contribution in [0.25, 0.3) is 12.2 Å². The fraction of sp³-hybridized carbons (Fsp3) is 0.420. The molecular weight excluding hydrogens is 737 g/mol. The number of aromatic nitrogens is 1. The van der Waals surface area contributed by atoms with Crippen molar-refractivity contribution in [2.75, 3.05) is 13.7 Å². The van der Waals surface area contributed by atoms with Gasteiger partial charge in [0.1, 0.15) is 18.3 Å². The van der Waals surface area contributed by atoms with Crippen LogP contribution in [0.5, 0.6) is 0 Å². The number of aliphatic imine (C=N–C) groups is 3. The molecule has 0 saturated heterocycles. The standard InChI is InChI=1S/C50H60N4O5/c1-12-34-30(7)37-24-39-32(9)36(20-21-43(55)59-23-22-29(6)19-15-18-28(5)17-14-16-27(3)4)47(53-39)45-46(50(57)58-11)49(56)44-33(10)40(54-48(44)45)26-42-35(13-2)31(8)38(52-42)25-41(34)51-37/h16,18,22,24-26,46,51,56H,12-15,17,19-21,23H2,1-11H3/b28-18+,29-22-,37-24?,41-25?,42-26?,47-45?/t46-/m1/s1. The van der Waals surface area contributed by atoms with Crippen molar-refractivity contribution in [3.8, 4) is 0 Å². The van der Waals surface area contributed by atoms with Gasteiger partial charge in [-0.3, -0.25) is 9.59 Å². The minimum Gasteiger partial charge on any atom is -0.510 e. The molecule has 5 aliphatic rings. The van der Waals surface area contributed by atoms with E-state index in [1.807, 2.05) is 32.1 Å². The van der Waals surface area contributed by atoms with Crippen LogP contribution in [0, 0.1) is 12.8 Å². The van der Waals surface area contributed by atoms with Gasteiger partial charge in [-0.2, -0.15) is 0 Å². The third-order valence-electron chi connectivity index (χ3n) is 12.1. The topological polar surface area (TPSA) is 126 Å². The number of hydrogen-bond donors (Lipinski definition) is 2. The highest BCUT2D eigenvalue weighted by Gasteiger charge is 2.47. The van der Waals surface area contributed by atoms with Crippen LogP contribution >= 0.6 is 0 Å². The molecule has 0 amide bonds. The molecule has 1 atom stereocenters. The van der Waals surface area contributed by atoms with Gasteiger partial charge in [-0.15, -0.1) is 0 Å². The molecule has 1 aromatic heterocycles. The number of methoxy groups -OCH3 is 1. The van der Waals surface area contributed by atoms with Gasteiger partial charge in [0.2, 0.25) is 0 Å². The van der Waals surface area contributed by atoms with Crippen LogP contribution in [0.3, 0.4) is 0 Å². The van der Waals surface area contributed by atoms with Crippen LogP contribution in [0.15, 0.2) is 118 Å². The second-order valence-corrected chi connectivity index (χ2v) is 16.4. The van der Waals surface area contributed by atoms with E-state index in [-0.39, 0.29) is 24.8 Å². The number of nitrogens with one attached hydrogen (secondary N) is 1. The number of esters is 2. The van der Waals surface area contributed by atoms with Gasteiger partial charge in [-0.1, -0.05) is 42.7 Å². The molecule has 8 bridgehead atoms. The van der Waals surface area contributed by atoms with Crippen molar-refractivity contribution in [1.29, 1.82) is 0 Å². The van der Waals surface area contributed by atoms with Crippen LogP contribution in [0.4, 0.5) is 0 Å². The Morgan fingerprint density at radius 2 is 1.46 bits per heavy atom. The van der Waals surface area contributed by atoms with Gasteiger partial charge in [0, 0.05) is 28.3 Å². The van der Waals surface area contributed by atoms with Crippen LogP contribution < -0.4 is 10.7 Å². The van der Waals surface area contributed by atoms with Crippen molar-refractivity contribution in [2.45, 2.75) is 121 Å². The quantitative estimate of drug-likeness (QED) is 0.143. The first-order valence-electron chi connectivity index (χ1n) is 21.1. The number of carbonyl (C=O) groups is 2. The minimum atomic E-state index is -1.13. The first kappa shape index (κ1) is 43.0. The average Bonchev–Trinajstić information content (AvgIpc) is 3.94. The molecule has 4 aliphatic heterocycles. The van der Waals surface area contributed by atoms with E-state index < -0.39 is 11.9 Å². The number of allylic oxidation sites excluding steroid dienone is 12. The predicted molar refractivity (Wildman–Crippen MR) is 240 cm³/mol.